The lowest BCUT2D eigenvalue weighted by Gasteiger charge is -2.40. The highest BCUT2D eigenvalue weighted by Gasteiger charge is 2.37. The van der Waals surface area contributed by atoms with Crippen LogP contribution in [0.1, 0.15) is 26.7 Å². The lowest BCUT2D eigenvalue weighted by atomic mass is 10.2. The SMILES string of the molecule is CC1CN(S(=O)(=O)N2CCN(C(=O)CCCOc3ccccc3)CC2)CC(C)O1. The maximum Gasteiger partial charge on any atom is 0.282 e. The monoisotopic (exact) mass is 425 g/mol. The van der Waals surface area contributed by atoms with Gasteiger partial charge in [-0.25, -0.2) is 0 Å². The van der Waals surface area contributed by atoms with E-state index in [0.29, 0.717) is 58.7 Å². The zero-order valence-corrected chi connectivity index (χ0v) is 18.0. The molecule has 2 heterocycles. The van der Waals surface area contributed by atoms with E-state index in [1.54, 1.807) is 4.90 Å². The first kappa shape index (κ1) is 22.0. The predicted molar refractivity (Wildman–Crippen MR) is 110 cm³/mol. The van der Waals surface area contributed by atoms with Crippen molar-refractivity contribution in [3.63, 3.8) is 0 Å². The Morgan fingerprint density at radius 2 is 1.66 bits per heavy atom. The molecule has 0 aromatic heterocycles. The minimum absolute atomic E-state index is 0.0485. The van der Waals surface area contributed by atoms with Crippen LogP contribution in [0.4, 0.5) is 0 Å². The normalized spacial score (nSPS) is 24.4. The van der Waals surface area contributed by atoms with Crippen molar-refractivity contribution in [2.45, 2.75) is 38.9 Å². The molecule has 2 fully saturated rings. The van der Waals surface area contributed by atoms with Gasteiger partial charge in [0.1, 0.15) is 5.75 Å². The van der Waals surface area contributed by atoms with E-state index in [9.17, 15) is 13.2 Å². The average molecular weight is 426 g/mol. The summed E-state index contributed by atoms with van der Waals surface area (Å²) in [6.45, 7) is 6.49. The quantitative estimate of drug-likeness (QED) is 0.616. The van der Waals surface area contributed by atoms with Crippen LogP contribution < -0.4 is 4.74 Å². The fourth-order valence-corrected chi connectivity index (χ4v) is 5.49. The molecule has 1 aromatic carbocycles. The van der Waals surface area contributed by atoms with E-state index in [1.165, 1.54) is 8.61 Å². The standard InChI is InChI=1S/C20H31N3O5S/c1-17-15-23(16-18(2)28-17)29(25,26)22-12-10-21(11-13-22)20(24)9-6-14-27-19-7-4-3-5-8-19/h3-5,7-8,17-18H,6,9-16H2,1-2H3. The maximum absolute atomic E-state index is 12.9. The molecule has 8 nitrogen and oxygen atoms in total. The fourth-order valence-electron chi connectivity index (χ4n) is 3.74. The molecule has 2 atom stereocenters. The highest BCUT2D eigenvalue weighted by Crippen LogP contribution is 2.19. The van der Waals surface area contributed by atoms with Gasteiger partial charge in [-0.2, -0.15) is 17.0 Å². The largest absolute Gasteiger partial charge is 0.494 e. The molecular weight excluding hydrogens is 394 g/mol. The summed E-state index contributed by atoms with van der Waals surface area (Å²) in [5.74, 6) is 0.845. The first-order valence-electron chi connectivity index (χ1n) is 10.2. The van der Waals surface area contributed by atoms with E-state index >= 15 is 0 Å². The van der Waals surface area contributed by atoms with Crippen LogP contribution in [0.3, 0.4) is 0 Å². The van der Waals surface area contributed by atoms with Crippen molar-refractivity contribution in [1.29, 1.82) is 0 Å². The molecule has 3 rings (SSSR count). The van der Waals surface area contributed by atoms with Gasteiger partial charge in [0.2, 0.25) is 5.91 Å². The van der Waals surface area contributed by atoms with E-state index in [4.69, 9.17) is 9.47 Å². The molecule has 2 aliphatic rings. The number of hydrogen-bond donors (Lipinski definition) is 0. The summed E-state index contributed by atoms with van der Waals surface area (Å²) in [7, 11) is -3.52. The van der Waals surface area contributed by atoms with Gasteiger partial charge in [0.25, 0.3) is 10.2 Å². The highest BCUT2D eigenvalue weighted by molar-refractivity contribution is 7.86. The van der Waals surface area contributed by atoms with Gasteiger partial charge in [0, 0.05) is 45.7 Å². The molecular formula is C20H31N3O5S. The Labute approximate surface area is 173 Å². The second-order valence-corrected chi connectivity index (χ2v) is 9.56. The van der Waals surface area contributed by atoms with E-state index in [1.807, 2.05) is 44.2 Å². The van der Waals surface area contributed by atoms with Gasteiger partial charge in [0.05, 0.1) is 18.8 Å². The van der Waals surface area contributed by atoms with Gasteiger partial charge in [-0.1, -0.05) is 18.2 Å². The van der Waals surface area contributed by atoms with Gasteiger partial charge in [0.15, 0.2) is 0 Å². The Kier molecular flexibility index (Phi) is 7.50. The van der Waals surface area contributed by atoms with Crippen molar-refractivity contribution in [3.8, 4) is 5.75 Å². The second-order valence-electron chi connectivity index (χ2n) is 7.63. The van der Waals surface area contributed by atoms with Crippen molar-refractivity contribution in [2.75, 3.05) is 45.9 Å². The van der Waals surface area contributed by atoms with Crippen molar-refractivity contribution in [2.24, 2.45) is 0 Å². The average Bonchev–Trinajstić information content (AvgIpc) is 2.71. The molecule has 2 unspecified atom stereocenters. The zero-order chi connectivity index (χ0) is 20.9. The van der Waals surface area contributed by atoms with Gasteiger partial charge in [-0.05, 0) is 32.4 Å². The van der Waals surface area contributed by atoms with Crippen molar-refractivity contribution in [1.82, 2.24) is 13.5 Å². The molecule has 9 heteroatoms. The number of amides is 1. The second kappa shape index (κ2) is 9.88. The Morgan fingerprint density at radius 3 is 2.28 bits per heavy atom. The number of para-hydroxylation sites is 1. The van der Waals surface area contributed by atoms with E-state index in [-0.39, 0.29) is 18.1 Å². The number of carbonyl (C=O) groups excluding carboxylic acids is 1. The molecule has 0 saturated carbocycles. The summed E-state index contributed by atoms with van der Waals surface area (Å²) in [5, 5.41) is 0. The number of benzene rings is 1. The summed E-state index contributed by atoms with van der Waals surface area (Å²) in [6, 6.07) is 9.52. The summed E-state index contributed by atoms with van der Waals surface area (Å²) in [6.07, 6.45) is 0.803. The Balaban J connectivity index is 1.41. The lowest BCUT2D eigenvalue weighted by Crippen LogP contribution is -2.57. The van der Waals surface area contributed by atoms with Crippen LogP contribution in [0.2, 0.25) is 0 Å². The fraction of sp³-hybridized carbons (Fsp3) is 0.650. The predicted octanol–water partition coefficient (Wildman–Crippen LogP) is 1.34. The summed E-state index contributed by atoms with van der Waals surface area (Å²) >= 11 is 0. The highest BCUT2D eigenvalue weighted by atomic mass is 32.2. The zero-order valence-electron chi connectivity index (χ0n) is 17.2. The van der Waals surface area contributed by atoms with Crippen molar-refractivity contribution in [3.05, 3.63) is 30.3 Å². The van der Waals surface area contributed by atoms with Crippen LogP contribution in [-0.4, -0.2) is 85.9 Å². The number of ether oxygens (including phenoxy) is 2. The minimum Gasteiger partial charge on any atom is -0.494 e. The molecule has 1 aromatic rings. The van der Waals surface area contributed by atoms with Crippen LogP contribution in [0, 0.1) is 0 Å². The molecule has 162 valence electrons. The molecule has 2 aliphatic heterocycles. The number of piperazine rings is 1. The van der Waals surface area contributed by atoms with Crippen LogP contribution in [0.25, 0.3) is 0 Å². The van der Waals surface area contributed by atoms with Crippen LogP contribution >= 0.6 is 0 Å². The Hall–Kier alpha value is -1.68. The lowest BCUT2D eigenvalue weighted by molar-refractivity contribution is -0.132. The number of morpholine rings is 1. The minimum atomic E-state index is -3.52. The molecule has 0 aliphatic carbocycles. The first-order chi connectivity index (χ1) is 13.9. The van der Waals surface area contributed by atoms with Crippen LogP contribution in [0.15, 0.2) is 30.3 Å². The molecule has 29 heavy (non-hydrogen) atoms. The third-order valence-electron chi connectivity index (χ3n) is 5.18. The Morgan fingerprint density at radius 1 is 1.03 bits per heavy atom. The van der Waals surface area contributed by atoms with Crippen LogP contribution in [0.5, 0.6) is 5.75 Å². The number of carbonyl (C=O) groups is 1. The number of nitrogens with zero attached hydrogens (tertiary/aromatic N) is 3. The van der Waals surface area contributed by atoms with Crippen molar-refractivity contribution < 1.29 is 22.7 Å². The van der Waals surface area contributed by atoms with E-state index in [0.717, 1.165) is 5.75 Å². The van der Waals surface area contributed by atoms with E-state index < -0.39 is 10.2 Å². The number of rotatable bonds is 7. The smallest absolute Gasteiger partial charge is 0.282 e. The molecule has 0 bridgehead atoms. The Bertz CT molecular complexity index is 756. The van der Waals surface area contributed by atoms with Crippen molar-refractivity contribution >= 4 is 16.1 Å². The van der Waals surface area contributed by atoms with Gasteiger partial charge in [-0.3, -0.25) is 4.79 Å². The third kappa shape index (κ3) is 5.91. The molecule has 0 N–H and O–H groups in total. The topological polar surface area (TPSA) is 79.4 Å². The summed E-state index contributed by atoms with van der Waals surface area (Å²) in [5.41, 5.74) is 0. The molecule has 1 amide bonds. The molecule has 0 spiro atoms. The summed E-state index contributed by atoms with van der Waals surface area (Å²) < 4.78 is 40.1. The maximum atomic E-state index is 12.9. The molecule has 2 saturated heterocycles. The molecule has 0 radical (unpaired) electrons. The van der Waals surface area contributed by atoms with Gasteiger partial charge >= 0.3 is 0 Å². The van der Waals surface area contributed by atoms with Gasteiger partial charge < -0.3 is 14.4 Å². The van der Waals surface area contributed by atoms with Gasteiger partial charge in [-0.15, -0.1) is 0 Å². The first-order valence-corrected chi connectivity index (χ1v) is 11.6. The van der Waals surface area contributed by atoms with Crippen LogP contribution in [-0.2, 0) is 19.7 Å². The number of hydrogen-bond acceptors (Lipinski definition) is 5. The third-order valence-corrected chi connectivity index (χ3v) is 7.15. The summed E-state index contributed by atoms with van der Waals surface area (Å²) in [4.78, 5) is 14.2. The van der Waals surface area contributed by atoms with E-state index in [2.05, 4.69) is 0 Å².